The molecule has 0 aliphatic heterocycles. The van der Waals surface area contributed by atoms with E-state index >= 15 is 0 Å². The van der Waals surface area contributed by atoms with E-state index in [1.54, 1.807) is 4.90 Å². The monoisotopic (exact) mass is 419 g/mol. The second-order valence-corrected chi connectivity index (χ2v) is 7.37. The number of benzene rings is 3. The van der Waals surface area contributed by atoms with Crippen molar-refractivity contribution in [2.45, 2.75) is 26.3 Å². The summed E-state index contributed by atoms with van der Waals surface area (Å²) >= 11 is 0. The zero-order valence-corrected chi connectivity index (χ0v) is 17.3. The zero-order valence-electron chi connectivity index (χ0n) is 17.3. The number of imidazole rings is 1. The normalized spacial score (nSPS) is 11.1. The third-order valence-electron chi connectivity index (χ3n) is 5.23. The summed E-state index contributed by atoms with van der Waals surface area (Å²) < 4.78 is 30.1. The second kappa shape index (κ2) is 9.08. The molecule has 0 aliphatic carbocycles. The van der Waals surface area contributed by atoms with Gasteiger partial charge in [-0.25, -0.2) is 13.8 Å². The molecule has 1 aromatic heterocycles. The number of nitrogens with zero attached hydrogens (tertiary/aromatic N) is 3. The first-order chi connectivity index (χ1) is 15.1. The average Bonchev–Trinajstić information content (AvgIpc) is 3.16. The van der Waals surface area contributed by atoms with Crippen molar-refractivity contribution in [1.82, 2.24) is 14.5 Å². The molecule has 0 saturated heterocycles. The van der Waals surface area contributed by atoms with E-state index in [1.807, 2.05) is 66.1 Å². The third-order valence-corrected chi connectivity index (χ3v) is 5.23. The molecule has 6 heteroatoms. The minimum atomic E-state index is -1.12. The number of amides is 1. The molecule has 158 valence electrons. The number of unbranched alkanes of at least 4 members (excludes halogenated alkanes) is 1. The summed E-state index contributed by atoms with van der Waals surface area (Å²) in [6.45, 7) is 2.62. The van der Waals surface area contributed by atoms with Crippen LogP contribution in [0.3, 0.4) is 0 Å². The molecule has 3 aromatic carbocycles. The summed E-state index contributed by atoms with van der Waals surface area (Å²) in [5.41, 5.74) is 2.38. The van der Waals surface area contributed by atoms with Gasteiger partial charge in [-0.05, 0) is 42.8 Å². The number of halogens is 2. The maximum atomic E-state index is 14.3. The number of hydrogen-bond donors (Lipinski definition) is 0. The minimum Gasteiger partial charge on any atom is -0.331 e. The number of aromatic nitrogens is 2. The van der Waals surface area contributed by atoms with Gasteiger partial charge in [0.05, 0.1) is 23.1 Å². The number of fused-ring (bicyclic) bond motifs is 1. The van der Waals surface area contributed by atoms with Gasteiger partial charge in [-0.15, -0.1) is 0 Å². The molecule has 4 nitrogen and oxygen atoms in total. The highest BCUT2D eigenvalue weighted by Gasteiger charge is 2.23. The summed E-state index contributed by atoms with van der Waals surface area (Å²) in [7, 11) is 0. The molecule has 4 rings (SSSR count). The third kappa shape index (κ3) is 4.19. The fourth-order valence-corrected chi connectivity index (χ4v) is 3.66. The topological polar surface area (TPSA) is 38.1 Å². The van der Waals surface area contributed by atoms with Gasteiger partial charge < -0.3 is 4.90 Å². The summed E-state index contributed by atoms with van der Waals surface area (Å²) in [5, 5.41) is 0. The molecular weight excluding hydrogens is 396 g/mol. The Morgan fingerprint density at radius 2 is 1.71 bits per heavy atom. The number of carbonyl (C=O) groups is 1. The van der Waals surface area contributed by atoms with Crippen LogP contribution in [0.15, 0.2) is 72.8 Å². The summed E-state index contributed by atoms with van der Waals surface area (Å²) in [6.07, 6.45) is 1.61. The first-order valence-corrected chi connectivity index (χ1v) is 10.3. The molecule has 0 aliphatic rings. The molecule has 1 heterocycles. The van der Waals surface area contributed by atoms with Crippen LogP contribution in [0.2, 0.25) is 0 Å². The van der Waals surface area contributed by atoms with Crippen molar-refractivity contribution in [2.75, 3.05) is 6.54 Å². The number of para-hydroxylation sites is 3. The molecule has 0 fully saturated rings. The van der Waals surface area contributed by atoms with Crippen LogP contribution in [0.4, 0.5) is 8.78 Å². The fourth-order valence-electron chi connectivity index (χ4n) is 3.66. The van der Waals surface area contributed by atoms with Crippen molar-refractivity contribution in [3.05, 3.63) is 95.8 Å². The van der Waals surface area contributed by atoms with Crippen LogP contribution in [0.5, 0.6) is 0 Å². The van der Waals surface area contributed by atoms with Gasteiger partial charge in [0.25, 0.3) is 5.91 Å². The minimum absolute atomic E-state index is 0.179. The Morgan fingerprint density at radius 3 is 2.48 bits per heavy atom. The lowest BCUT2D eigenvalue weighted by molar-refractivity contribution is 0.0730. The van der Waals surface area contributed by atoms with Crippen LogP contribution >= 0.6 is 0 Å². The SMILES string of the molecule is CCCCN(Cc1nc2ccccc2n1-c1ccccc1)C(=O)c1cccc(F)c1F. The molecule has 1 amide bonds. The zero-order chi connectivity index (χ0) is 21.8. The first kappa shape index (κ1) is 20.7. The number of carbonyl (C=O) groups excluding carboxylic acids is 1. The summed E-state index contributed by atoms with van der Waals surface area (Å²) in [4.78, 5) is 19.5. The van der Waals surface area contributed by atoms with E-state index in [0.717, 1.165) is 35.6 Å². The highest BCUT2D eigenvalue weighted by Crippen LogP contribution is 2.24. The van der Waals surface area contributed by atoms with Crippen molar-refractivity contribution in [3.8, 4) is 5.69 Å². The molecule has 0 N–H and O–H groups in total. The van der Waals surface area contributed by atoms with Crippen molar-refractivity contribution in [1.29, 1.82) is 0 Å². The number of rotatable bonds is 7. The Morgan fingerprint density at radius 1 is 0.968 bits per heavy atom. The van der Waals surface area contributed by atoms with E-state index in [9.17, 15) is 13.6 Å². The Balaban J connectivity index is 1.77. The van der Waals surface area contributed by atoms with E-state index in [1.165, 1.54) is 12.1 Å². The molecule has 0 bridgehead atoms. The highest BCUT2D eigenvalue weighted by atomic mass is 19.2. The maximum absolute atomic E-state index is 14.3. The molecule has 0 saturated carbocycles. The van der Waals surface area contributed by atoms with Gasteiger partial charge in [0.15, 0.2) is 11.6 Å². The average molecular weight is 419 g/mol. The molecule has 0 unspecified atom stereocenters. The Hall–Kier alpha value is -3.54. The summed E-state index contributed by atoms with van der Waals surface area (Å²) in [6, 6.07) is 21.2. The van der Waals surface area contributed by atoms with Gasteiger partial charge in [-0.3, -0.25) is 9.36 Å². The lowest BCUT2D eigenvalue weighted by Crippen LogP contribution is -2.33. The van der Waals surface area contributed by atoms with Crippen molar-refractivity contribution >= 4 is 16.9 Å². The van der Waals surface area contributed by atoms with Gasteiger partial charge in [0.1, 0.15) is 5.82 Å². The van der Waals surface area contributed by atoms with Gasteiger partial charge in [-0.1, -0.05) is 49.7 Å². The van der Waals surface area contributed by atoms with E-state index in [2.05, 4.69) is 0 Å². The summed E-state index contributed by atoms with van der Waals surface area (Å²) in [5.74, 6) is -2.03. The smallest absolute Gasteiger partial charge is 0.257 e. The van der Waals surface area contributed by atoms with Crippen LogP contribution in [0, 0.1) is 11.6 Å². The van der Waals surface area contributed by atoms with Crippen molar-refractivity contribution in [3.63, 3.8) is 0 Å². The molecule has 4 aromatic rings. The maximum Gasteiger partial charge on any atom is 0.257 e. The van der Waals surface area contributed by atoms with Crippen LogP contribution in [-0.2, 0) is 6.54 Å². The molecule has 0 radical (unpaired) electrons. The van der Waals surface area contributed by atoms with Crippen LogP contribution in [0.25, 0.3) is 16.7 Å². The lowest BCUT2D eigenvalue weighted by atomic mass is 10.1. The standard InChI is InChI=1S/C25H23F2N3O/c1-2-3-16-29(25(31)19-12-9-13-20(26)24(19)27)17-23-28-21-14-7-8-15-22(21)30(23)18-10-5-4-6-11-18/h4-15H,2-3,16-17H2,1H3. The van der Waals surface area contributed by atoms with Gasteiger partial charge in [0, 0.05) is 12.2 Å². The Bertz CT molecular complexity index is 1200. The van der Waals surface area contributed by atoms with E-state index < -0.39 is 17.5 Å². The van der Waals surface area contributed by atoms with Crippen molar-refractivity contribution in [2.24, 2.45) is 0 Å². The van der Waals surface area contributed by atoms with E-state index in [0.29, 0.717) is 12.4 Å². The van der Waals surface area contributed by atoms with Crippen LogP contribution in [0.1, 0.15) is 35.9 Å². The number of hydrogen-bond acceptors (Lipinski definition) is 2. The Labute approximate surface area is 179 Å². The van der Waals surface area contributed by atoms with Crippen LogP contribution < -0.4 is 0 Å². The largest absolute Gasteiger partial charge is 0.331 e. The molecule has 0 spiro atoms. The lowest BCUT2D eigenvalue weighted by Gasteiger charge is -2.23. The van der Waals surface area contributed by atoms with Gasteiger partial charge in [-0.2, -0.15) is 0 Å². The van der Waals surface area contributed by atoms with Crippen LogP contribution in [-0.4, -0.2) is 26.9 Å². The molecule has 31 heavy (non-hydrogen) atoms. The second-order valence-electron chi connectivity index (χ2n) is 7.37. The predicted octanol–water partition coefficient (Wildman–Crippen LogP) is 5.75. The van der Waals surface area contributed by atoms with Gasteiger partial charge in [0.2, 0.25) is 0 Å². The van der Waals surface area contributed by atoms with E-state index in [4.69, 9.17) is 4.98 Å². The first-order valence-electron chi connectivity index (χ1n) is 10.3. The molecule has 0 atom stereocenters. The van der Waals surface area contributed by atoms with Crippen molar-refractivity contribution < 1.29 is 13.6 Å². The highest BCUT2D eigenvalue weighted by molar-refractivity contribution is 5.94. The van der Waals surface area contributed by atoms with E-state index in [-0.39, 0.29) is 12.1 Å². The molecular formula is C25H23F2N3O. The predicted molar refractivity (Wildman–Crippen MR) is 117 cm³/mol. The Kier molecular flexibility index (Phi) is 6.07. The van der Waals surface area contributed by atoms with Gasteiger partial charge >= 0.3 is 0 Å². The fraction of sp³-hybridized carbons (Fsp3) is 0.200. The quantitative estimate of drug-likeness (QED) is 0.383.